The summed E-state index contributed by atoms with van der Waals surface area (Å²) in [6.07, 6.45) is 1.30. The number of hydrogen-bond acceptors (Lipinski definition) is 4. The Morgan fingerprint density at radius 1 is 1.53 bits per heavy atom. The van der Waals surface area contributed by atoms with Crippen LogP contribution >= 0.6 is 0 Å². The zero-order valence-electron chi connectivity index (χ0n) is 10.5. The van der Waals surface area contributed by atoms with Gasteiger partial charge in [0.25, 0.3) is 5.91 Å². The van der Waals surface area contributed by atoms with Crippen molar-refractivity contribution in [2.24, 2.45) is 0 Å². The summed E-state index contributed by atoms with van der Waals surface area (Å²) in [5, 5.41) is 18.7. The number of amides is 1. The molecule has 0 fully saturated rings. The highest BCUT2D eigenvalue weighted by atomic mass is 16.3. The number of carbonyl (C=O) groups excluding carboxylic acids is 1. The van der Waals surface area contributed by atoms with Crippen LogP contribution in [0.5, 0.6) is 0 Å². The van der Waals surface area contributed by atoms with Crippen LogP contribution in [-0.4, -0.2) is 33.4 Å². The van der Waals surface area contributed by atoms with Crippen LogP contribution in [0.2, 0.25) is 0 Å². The first-order chi connectivity index (χ1) is 7.99. The first-order valence-corrected chi connectivity index (χ1v) is 5.73. The van der Waals surface area contributed by atoms with Crippen LogP contribution in [0.4, 0.5) is 5.69 Å². The zero-order valence-corrected chi connectivity index (χ0v) is 10.5. The van der Waals surface area contributed by atoms with Gasteiger partial charge < -0.3 is 16.2 Å². The minimum absolute atomic E-state index is 0.102. The number of nitrogen functional groups attached to an aromatic ring is 1. The number of anilines is 1. The topological polar surface area (TPSA) is 104 Å². The molecular weight excluding hydrogens is 220 g/mol. The Balaban J connectivity index is 2.88. The molecule has 6 nitrogen and oxygen atoms in total. The summed E-state index contributed by atoms with van der Waals surface area (Å²) in [5.74, 6) is -0.357. The maximum absolute atomic E-state index is 12.0. The monoisotopic (exact) mass is 240 g/mol. The van der Waals surface area contributed by atoms with Gasteiger partial charge in [0.15, 0.2) is 5.69 Å². The van der Waals surface area contributed by atoms with Gasteiger partial charge in [0.1, 0.15) is 0 Å². The summed E-state index contributed by atoms with van der Waals surface area (Å²) < 4.78 is 0. The van der Waals surface area contributed by atoms with Gasteiger partial charge in [-0.1, -0.05) is 13.8 Å². The minimum atomic E-state index is -0.601. The van der Waals surface area contributed by atoms with Crippen LogP contribution in [0, 0.1) is 6.92 Å². The number of aryl methyl sites for hydroxylation is 1. The van der Waals surface area contributed by atoms with Crippen LogP contribution in [-0.2, 0) is 0 Å². The van der Waals surface area contributed by atoms with Crippen LogP contribution in [0.3, 0.4) is 0 Å². The molecule has 0 atom stereocenters. The third kappa shape index (κ3) is 2.58. The van der Waals surface area contributed by atoms with Gasteiger partial charge in [0.2, 0.25) is 0 Å². The molecule has 5 N–H and O–H groups in total. The summed E-state index contributed by atoms with van der Waals surface area (Å²) >= 11 is 0. The van der Waals surface area contributed by atoms with E-state index in [1.165, 1.54) is 0 Å². The van der Waals surface area contributed by atoms with Gasteiger partial charge in [-0.3, -0.25) is 9.89 Å². The summed E-state index contributed by atoms with van der Waals surface area (Å²) in [6.45, 7) is 5.48. The van der Waals surface area contributed by atoms with E-state index in [2.05, 4.69) is 15.5 Å². The number of H-pyrrole nitrogens is 1. The molecule has 6 heteroatoms. The van der Waals surface area contributed by atoms with Crippen molar-refractivity contribution in [1.82, 2.24) is 15.5 Å². The van der Waals surface area contributed by atoms with Gasteiger partial charge in [0, 0.05) is 0 Å². The lowest BCUT2D eigenvalue weighted by atomic mass is 9.93. The molecule has 0 aliphatic heterocycles. The van der Waals surface area contributed by atoms with Crippen molar-refractivity contribution in [3.63, 3.8) is 0 Å². The SMILES string of the molecule is CCC(CC)(CO)NC(=O)c1n[nH]c(C)c1N. The number of aromatic nitrogens is 2. The van der Waals surface area contributed by atoms with E-state index >= 15 is 0 Å². The van der Waals surface area contributed by atoms with Crippen molar-refractivity contribution < 1.29 is 9.90 Å². The lowest BCUT2D eigenvalue weighted by Crippen LogP contribution is -2.50. The number of hydrogen-bond donors (Lipinski definition) is 4. The molecule has 1 aromatic rings. The van der Waals surface area contributed by atoms with E-state index in [4.69, 9.17) is 5.73 Å². The molecule has 0 unspecified atom stereocenters. The van der Waals surface area contributed by atoms with Crippen molar-refractivity contribution in [3.05, 3.63) is 11.4 Å². The molecule has 0 aromatic carbocycles. The maximum Gasteiger partial charge on any atom is 0.274 e. The number of nitrogens with one attached hydrogen (secondary N) is 2. The second-order valence-electron chi connectivity index (χ2n) is 4.21. The molecule has 0 aliphatic rings. The molecule has 0 saturated carbocycles. The molecule has 96 valence electrons. The van der Waals surface area contributed by atoms with Crippen molar-refractivity contribution in [3.8, 4) is 0 Å². The predicted octanol–water partition coefficient (Wildman–Crippen LogP) is 0.581. The molecule has 0 bridgehead atoms. The minimum Gasteiger partial charge on any atom is -0.395 e. The van der Waals surface area contributed by atoms with E-state index in [9.17, 15) is 9.90 Å². The molecule has 17 heavy (non-hydrogen) atoms. The maximum atomic E-state index is 12.0. The highest BCUT2D eigenvalue weighted by Crippen LogP contribution is 2.17. The molecule has 1 rings (SSSR count). The number of aromatic amines is 1. The zero-order chi connectivity index (χ0) is 13.1. The Morgan fingerprint density at radius 3 is 2.47 bits per heavy atom. The normalized spacial score (nSPS) is 11.5. The van der Waals surface area contributed by atoms with Crippen molar-refractivity contribution >= 4 is 11.6 Å². The summed E-state index contributed by atoms with van der Waals surface area (Å²) in [7, 11) is 0. The molecular formula is C11H20N4O2. The van der Waals surface area contributed by atoms with Gasteiger partial charge >= 0.3 is 0 Å². The molecule has 1 heterocycles. The average Bonchev–Trinajstić information content (AvgIpc) is 2.67. The Kier molecular flexibility index (Phi) is 4.11. The van der Waals surface area contributed by atoms with E-state index in [0.717, 1.165) is 0 Å². The Bertz CT molecular complexity index is 388. The lowest BCUT2D eigenvalue weighted by Gasteiger charge is -2.30. The molecule has 1 aromatic heterocycles. The van der Waals surface area contributed by atoms with E-state index in [0.29, 0.717) is 24.2 Å². The predicted molar refractivity (Wildman–Crippen MR) is 65.6 cm³/mol. The quantitative estimate of drug-likeness (QED) is 0.604. The van der Waals surface area contributed by atoms with Crippen LogP contribution in [0.1, 0.15) is 42.9 Å². The van der Waals surface area contributed by atoms with Crippen LogP contribution in [0.15, 0.2) is 0 Å². The van der Waals surface area contributed by atoms with E-state index in [1.807, 2.05) is 13.8 Å². The average molecular weight is 240 g/mol. The lowest BCUT2D eigenvalue weighted by molar-refractivity contribution is 0.0813. The largest absolute Gasteiger partial charge is 0.395 e. The fourth-order valence-electron chi connectivity index (χ4n) is 1.60. The van der Waals surface area contributed by atoms with E-state index < -0.39 is 5.54 Å². The number of rotatable bonds is 5. The number of nitrogens with zero attached hydrogens (tertiary/aromatic N) is 1. The summed E-state index contributed by atoms with van der Waals surface area (Å²) in [6, 6.07) is 0. The van der Waals surface area contributed by atoms with Gasteiger partial charge in [-0.15, -0.1) is 0 Å². The van der Waals surface area contributed by atoms with Gasteiger partial charge in [-0.05, 0) is 19.8 Å². The fraction of sp³-hybridized carbons (Fsp3) is 0.636. The highest BCUT2D eigenvalue weighted by molar-refractivity contribution is 5.98. The Morgan fingerprint density at radius 2 is 2.12 bits per heavy atom. The number of aliphatic hydroxyl groups excluding tert-OH is 1. The molecule has 0 aliphatic carbocycles. The van der Waals surface area contributed by atoms with Crippen LogP contribution in [0.25, 0.3) is 0 Å². The number of carbonyl (C=O) groups is 1. The highest BCUT2D eigenvalue weighted by Gasteiger charge is 2.29. The van der Waals surface area contributed by atoms with Gasteiger partial charge in [-0.25, -0.2) is 0 Å². The van der Waals surface area contributed by atoms with Crippen molar-refractivity contribution in [1.29, 1.82) is 0 Å². The molecule has 0 spiro atoms. The molecule has 1 amide bonds. The second kappa shape index (κ2) is 5.18. The van der Waals surface area contributed by atoms with Crippen molar-refractivity contribution in [2.45, 2.75) is 39.2 Å². The number of nitrogens with two attached hydrogens (primary N) is 1. The van der Waals surface area contributed by atoms with E-state index in [1.54, 1.807) is 6.92 Å². The first-order valence-electron chi connectivity index (χ1n) is 5.73. The molecule has 0 radical (unpaired) electrons. The standard InChI is InChI=1S/C11H20N4O2/c1-4-11(5-2,6-16)13-10(17)9-8(12)7(3)14-15-9/h16H,4-6,12H2,1-3H3,(H,13,17)(H,14,15). The van der Waals surface area contributed by atoms with Gasteiger partial charge in [0.05, 0.1) is 23.5 Å². The molecule has 0 saturated heterocycles. The fourth-order valence-corrected chi connectivity index (χ4v) is 1.60. The third-order valence-electron chi connectivity index (χ3n) is 3.24. The number of aliphatic hydroxyl groups is 1. The van der Waals surface area contributed by atoms with E-state index in [-0.39, 0.29) is 18.2 Å². The summed E-state index contributed by atoms with van der Waals surface area (Å²) in [4.78, 5) is 12.0. The second-order valence-corrected chi connectivity index (χ2v) is 4.21. The Labute approximate surface area is 101 Å². The first kappa shape index (κ1) is 13.5. The van der Waals surface area contributed by atoms with Crippen LogP contribution < -0.4 is 11.1 Å². The Hall–Kier alpha value is -1.56. The smallest absolute Gasteiger partial charge is 0.274 e. The third-order valence-corrected chi connectivity index (χ3v) is 3.24. The van der Waals surface area contributed by atoms with Crippen molar-refractivity contribution in [2.75, 3.05) is 12.3 Å². The van der Waals surface area contributed by atoms with Gasteiger partial charge in [-0.2, -0.15) is 5.10 Å². The summed E-state index contributed by atoms with van der Waals surface area (Å²) in [5.41, 5.74) is 6.32.